The lowest BCUT2D eigenvalue weighted by Crippen LogP contribution is -2.03. The summed E-state index contributed by atoms with van der Waals surface area (Å²) in [6.07, 6.45) is 1.77. The molecule has 3 aromatic rings. The van der Waals surface area contributed by atoms with Crippen LogP contribution < -0.4 is 4.74 Å². The van der Waals surface area contributed by atoms with E-state index in [9.17, 15) is 4.79 Å². The van der Waals surface area contributed by atoms with Crippen LogP contribution in [0.5, 0.6) is 5.75 Å². The molecule has 0 aliphatic carbocycles. The van der Waals surface area contributed by atoms with Gasteiger partial charge < -0.3 is 9.84 Å². The van der Waals surface area contributed by atoms with Gasteiger partial charge in [-0.2, -0.15) is 0 Å². The number of hydrogen-bond donors (Lipinski definition) is 1. The van der Waals surface area contributed by atoms with Gasteiger partial charge in [0.2, 0.25) is 0 Å². The molecular formula is C17H16N2O3S. The maximum absolute atomic E-state index is 10.9. The van der Waals surface area contributed by atoms with Crippen LogP contribution in [0.2, 0.25) is 0 Å². The Bertz CT molecular complexity index is 873. The van der Waals surface area contributed by atoms with Crippen LogP contribution in [-0.2, 0) is 17.8 Å². The fraction of sp³-hybridized carbons (Fsp3) is 0.235. The maximum Gasteiger partial charge on any atom is 0.307 e. The first kappa shape index (κ1) is 15.4. The zero-order valence-electron chi connectivity index (χ0n) is 12.9. The molecule has 118 valence electrons. The minimum Gasteiger partial charge on any atom is -0.487 e. The SMILES string of the molecule is Cc1cnc(COc2ccc3c(CC(=O)O)csc3c2)c(C)n1. The van der Waals surface area contributed by atoms with Crippen molar-refractivity contribution < 1.29 is 14.6 Å². The Labute approximate surface area is 137 Å². The molecule has 0 amide bonds. The number of thiophene rings is 1. The maximum atomic E-state index is 10.9. The van der Waals surface area contributed by atoms with Gasteiger partial charge in [0.15, 0.2) is 0 Å². The van der Waals surface area contributed by atoms with Crippen molar-refractivity contribution in [3.05, 3.63) is 52.4 Å². The van der Waals surface area contributed by atoms with Crippen molar-refractivity contribution in [1.82, 2.24) is 9.97 Å². The van der Waals surface area contributed by atoms with Crippen molar-refractivity contribution in [3.63, 3.8) is 0 Å². The van der Waals surface area contributed by atoms with E-state index in [1.54, 1.807) is 6.20 Å². The summed E-state index contributed by atoms with van der Waals surface area (Å²) < 4.78 is 6.82. The van der Waals surface area contributed by atoms with Crippen molar-refractivity contribution in [2.24, 2.45) is 0 Å². The Morgan fingerprint density at radius 1 is 1.35 bits per heavy atom. The van der Waals surface area contributed by atoms with Crippen LogP contribution in [0.15, 0.2) is 29.8 Å². The summed E-state index contributed by atoms with van der Waals surface area (Å²) in [5.41, 5.74) is 3.40. The van der Waals surface area contributed by atoms with Gasteiger partial charge in [-0.3, -0.25) is 14.8 Å². The van der Waals surface area contributed by atoms with Crippen LogP contribution in [-0.4, -0.2) is 21.0 Å². The molecule has 5 nitrogen and oxygen atoms in total. The number of nitrogens with zero attached hydrogens (tertiary/aromatic N) is 2. The van der Waals surface area contributed by atoms with Gasteiger partial charge >= 0.3 is 5.97 Å². The van der Waals surface area contributed by atoms with Gasteiger partial charge in [-0.25, -0.2) is 0 Å². The summed E-state index contributed by atoms with van der Waals surface area (Å²) in [4.78, 5) is 19.6. The Morgan fingerprint density at radius 2 is 2.17 bits per heavy atom. The van der Waals surface area contributed by atoms with Crippen molar-refractivity contribution in [1.29, 1.82) is 0 Å². The van der Waals surface area contributed by atoms with E-state index >= 15 is 0 Å². The molecule has 0 saturated heterocycles. The van der Waals surface area contributed by atoms with Gasteiger partial charge in [0.25, 0.3) is 0 Å². The summed E-state index contributed by atoms with van der Waals surface area (Å²) in [5.74, 6) is -0.0820. The quantitative estimate of drug-likeness (QED) is 0.776. The highest BCUT2D eigenvalue weighted by molar-refractivity contribution is 7.17. The summed E-state index contributed by atoms with van der Waals surface area (Å²) in [5, 5.41) is 11.8. The first-order valence-corrected chi connectivity index (χ1v) is 8.05. The zero-order valence-corrected chi connectivity index (χ0v) is 13.7. The summed E-state index contributed by atoms with van der Waals surface area (Å²) >= 11 is 1.53. The molecule has 0 spiro atoms. The molecule has 0 unspecified atom stereocenters. The normalized spacial score (nSPS) is 10.9. The summed E-state index contributed by atoms with van der Waals surface area (Å²) in [7, 11) is 0. The fourth-order valence-corrected chi connectivity index (χ4v) is 3.36. The fourth-order valence-electron chi connectivity index (χ4n) is 2.37. The second-order valence-electron chi connectivity index (χ2n) is 5.32. The lowest BCUT2D eigenvalue weighted by molar-refractivity contribution is -0.136. The number of fused-ring (bicyclic) bond motifs is 1. The number of carbonyl (C=O) groups is 1. The first-order valence-electron chi connectivity index (χ1n) is 7.17. The highest BCUT2D eigenvalue weighted by Gasteiger charge is 2.09. The number of carboxylic acid groups (broad SMARTS) is 1. The molecule has 1 aromatic carbocycles. The number of ether oxygens (including phenoxy) is 1. The molecule has 0 aliphatic heterocycles. The zero-order chi connectivity index (χ0) is 16.4. The van der Waals surface area contributed by atoms with Crippen LogP contribution in [0.1, 0.15) is 22.6 Å². The molecule has 1 N–H and O–H groups in total. The van der Waals surface area contributed by atoms with E-state index in [0.717, 1.165) is 38.5 Å². The second kappa shape index (κ2) is 6.34. The van der Waals surface area contributed by atoms with Crippen LogP contribution >= 0.6 is 11.3 Å². The predicted molar refractivity (Wildman–Crippen MR) is 89.0 cm³/mol. The van der Waals surface area contributed by atoms with Crippen LogP contribution in [0.4, 0.5) is 0 Å². The number of rotatable bonds is 5. The number of benzene rings is 1. The predicted octanol–water partition coefficient (Wildman–Crippen LogP) is 3.51. The van der Waals surface area contributed by atoms with Crippen molar-refractivity contribution >= 4 is 27.4 Å². The average molecular weight is 328 g/mol. The number of aliphatic carboxylic acids is 1. The third kappa shape index (κ3) is 3.48. The lowest BCUT2D eigenvalue weighted by atomic mass is 10.1. The average Bonchev–Trinajstić information content (AvgIpc) is 2.88. The van der Waals surface area contributed by atoms with Gasteiger partial charge in [-0.15, -0.1) is 11.3 Å². The van der Waals surface area contributed by atoms with Gasteiger partial charge in [-0.05, 0) is 48.4 Å². The first-order chi connectivity index (χ1) is 11.0. The molecule has 23 heavy (non-hydrogen) atoms. The summed E-state index contributed by atoms with van der Waals surface area (Å²) in [6, 6.07) is 5.70. The van der Waals surface area contributed by atoms with Gasteiger partial charge in [0.1, 0.15) is 12.4 Å². The number of hydrogen-bond acceptors (Lipinski definition) is 5. The van der Waals surface area contributed by atoms with Crippen molar-refractivity contribution in [2.75, 3.05) is 0 Å². The molecule has 0 bridgehead atoms. The molecule has 0 radical (unpaired) electrons. The molecule has 0 atom stereocenters. The summed E-state index contributed by atoms with van der Waals surface area (Å²) in [6.45, 7) is 4.18. The monoisotopic (exact) mass is 328 g/mol. The van der Waals surface area contributed by atoms with Gasteiger partial charge in [0, 0.05) is 10.9 Å². The van der Waals surface area contributed by atoms with Gasteiger partial charge in [-0.1, -0.05) is 0 Å². The van der Waals surface area contributed by atoms with Crippen molar-refractivity contribution in [3.8, 4) is 5.75 Å². The Kier molecular flexibility index (Phi) is 4.25. The minimum atomic E-state index is -0.821. The van der Waals surface area contributed by atoms with Crippen LogP contribution in [0.3, 0.4) is 0 Å². The molecule has 3 rings (SSSR count). The number of carboxylic acids is 1. The van der Waals surface area contributed by atoms with Crippen molar-refractivity contribution in [2.45, 2.75) is 26.9 Å². The Hall–Kier alpha value is -2.47. The van der Waals surface area contributed by atoms with Crippen LogP contribution in [0.25, 0.3) is 10.1 Å². The van der Waals surface area contributed by atoms with E-state index in [-0.39, 0.29) is 6.42 Å². The molecule has 0 fully saturated rings. The van der Waals surface area contributed by atoms with E-state index in [2.05, 4.69) is 9.97 Å². The number of aryl methyl sites for hydroxylation is 2. The third-order valence-electron chi connectivity index (χ3n) is 3.51. The highest BCUT2D eigenvalue weighted by Crippen LogP contribution is 2.30. The third-order valence-corrected chi connectivity index (χ3v) is 4.51. The molecular weight excluding hydrogens is 312 g/mol. The number of aromatic nitrogens is 2. The highest BCUT2D eigenvalue weighted by atomic mass is 32.1. The molecule has 0 saturated carbocycles. The van der Waals surface area contributed by atoms with Crippen LogP contribution in [0, 0.1) is 13.8 Å². The van der Waals surface area contributed by atoms with E-state index in [1.807, 2.05) is 37.4 Å². The molecule has 6 heteroatoms. The second-order valence-corrected chi connectivity index (χ2v) is 6.23. The Morgan fingerprint density at radius 3 is 2.91 bits per heavy atom. The topological polar surface area (TPSA) is 72.3 Å². The van der Waals surface area contributed by atoms with E-state index in [1.165, 1.54) is 11.3 Å². The molecule has 2 aromatic heterocycles. The minimum absolute atomic E-state index is 0.0400. The Balaban J connectivity index is 1.77. The largest absolute Gasteiger partial charge is 0.487 e. The smallest absolute Gasteiger partial charge is 0.307 e. The molecule has 0 aliphatic rings. The van der Waals surface area contributed by atoms with E-state index in [4.69, 9.17) is 9.84 Å². The standard InChI is InChI=1S/C17H16N2O3S/c1-10-7-18-15(11(2)19-10)8-22-13-3-4-14-12(5-17(20)21)9-23-16(14)6-13/h3-4,6-7,9H,5,8H2,1-2H3,(H,20,21). The molecule has 2 heterocycles. The van der Waals surface area contributed by atoms with Gasteiger partial charge in [0.05, 0.1) is 23.5 Å². The van der Waals surface area contributed by atoms with E-state index < -0.39 is 5.97 Å². The van der Waals surface area contributed by atoms with E-state index in [0.29, 0.717) is 6.61 Å². The lowest BCUT2D eigenvalue weighted by Gasteiger charge is -2.08.